The molecule has 4 N–H and O–H groups in total. The molecule has 0 fully saturated rings. The lowest BCUT2D eigenvalue weighted by Gasteiger charge is -2.13. The van der Waals surface area contributed by atoms with Crippen LogP contribution in [0.25, 0.3) is 11.0 Å². The van der Waals surface area contributed by atoms with Crippen molar-refractivity contribution in [2.24, 2.45) is 5.14 Å². The number of fused-ring (bicyclic) bond motifs is 1. The number of hydrogen-bond donors (Lipinski definition) is 3. The van der Waals surface area contributed by atoms with Gasteiger partial charge in [-0.3, -0.25) is 0 Å². The second-order valence-corrected chi connectivity index (χ2v) is 7.67. The number of aromatic nitrogens is 2. The largest absolute Gasteiger partial charge is 0.481 e. The number of primary sulfonamides is 1. The van der Waals surface area contributed by atoms with Crippen LogP contribution in [-0.2, 0) is 22.3 Å². The summed E-state index contributed by atoms with van der Waals surface area (Å²) < 4.78 is 27.4. The van der Waals surface area contributed by atoms with Gasteiger partial charge in [0.1, 0.15) is 5.56 Å². The van der Waals surface area contributed by atoms with E-state index in [0.29, 0.717) is 34.7 Å². The van der Waals surface area contributed by atoms with Gasteiger partial charge in [0.05, 0.1) is 18.6 Å². The molecular formula is C18H18N4O5S. The first kappa shape index (κ1) is 19.5. The highest BCUT2D eigenvalue weighted by molar-refractivity contribution is 7.88. The van der Waals surface area contributed by atoms with E-state index in [2.05, 4.69) is 15.3 Å². The van der Waals surface area contributed by atoms with Gasteiger partial charge in [-0.25, -0.2) is 23.3 Å². The summed E-state index contributed by atoms with van der Waals surface area (Å²) in [7, 11) is -2.11. The van der Waals surface area contributed by atoms with Gasteiger partial charge in [0.2, 0.25) is 15.9 Å². The topological polar surface area (TPSA) is 144 Å². The van der Waals surface area contributed by atoms with E-state index in [9.17, 15) is 18.3 Å². The van der Waals surface area contributed by atoms with E-state index in [1.54, 1.807) is 36.4 Å². The number of pyridine rings is 2. The summed E-state index contributed by atoms with van der Waals surface area (Å²) in [6.07, 6.45) is 1.24. The summed E-state index contributed by atoms with van der Waals surface area (Å²) in [6, 6.07) is 10.1. The molecule has 1 aromatic carbocycles. The van der Waals surface area contributed by atoms with Crippen LogP contribution < -0.4 is 15.2 Å². The van der Waals surface area contributed by atoms with Crippen molar-refractivity contribution in [1.29, 1.82) is 0 Å². The molecule has 28 heavy (non-hydrogen) atoms. The van der Waals surface area contributed by atoms with Crippen LogP contribution in [0, 0.1) is 0 Å². The predicted molar refractivity (Wildman–Crippen MR) is 104 cm³/mol. The number of carboxylic acid groups (broad SMARTS) is 1. The Morgan fingerprint density at radius 1 is 1.18 bits per heavy atom. The number of nitrogens with zero attached hydrogens (tertiary/aromatic N) is 2. The maximum atomic E-state index is 11.6. The number of ether oxygens (including phenoxy) is 1. The molecule has 0 saturated carbocycles. The van der Waals surface area contributed by atoms with Crippen molar-refractivity contribution in [3.63, 3.8) is 0 Å². The summed E-state index contributed by atoms with van der Waals surface area (Å²) in [6.45, 7) is 0.321. The molecule has 0 aliphatic heterocycles. The van der Waals surface area contributed by atoms with E-state index >= 15 is 0 Å². The minimum Gasteiger partial charge on any atom is -0.481 e. The predicted octanol–water partition coefficient (Wildman–Crippen LogP) is 1.74. The number of carboxylic acids is 1. The smallest absolute Gasteiger partial charge is 0.339 e. The fourth-order valence-electron chi connectivity index (χ4n) is 2.70. The van der Waals surface area contributed by atoms with Crippen LogP contribution >= 0.6 is 0 Å². The van der Waals surface area contributed by atoms with Crippen LogP contribution in [0.3, 0.4) is 0 Å². The van der Waals surface area contributed by atoms with Crippen molar-refractivity contribution in [3.05, 3.63) is 59.3 Å². The molecule has 9 nitrogen and oxygen atoms in total. The molecule has 0 unspecified atom stereocenters. The Labute approximate surface area is 161 Å². The van der Waals surface area contributed by atoms with Crippen molar-refractivity contribution in [1.82, 2.24) is 9.97 Å². The van der Waals surface area contributed by atoms with Gasteiger partial charge in [0.25, 0.3) is 0 Å². The van der Waals surface area contributed by atoms with Crippen molar-refractivity contribution in [3.8, 4) is 5.88 Å². The Kier molecular flexibility index (Phi) is 5.43. The van der Waals surface area contributed by atoms with Crippen LogP contribution in [0.1, 0.15) is 21.5 Å². The van der Waals surface area contributed by atoms with E-state index in [4.69, 9.17) is 9.88 Å². The molecule has 0 saturated heterocycles. The number of nitrogens with two attached hydrogens (primary N) is 1. The quantitative estimate of drug-likeness (QED) is 0.542. The van der Waals surface area contributed by atoms with Crippen LogP contribution in [0.2, 0.25) is 0 Å². The molecule has 0 aliphatic carbocycles. The molecule has 0 radical (unpaired) electrons. The van der Waals surface area contributed by atoms with Crippen LogP contribution in [-0.4, -0.2) is 36.6 Å². The molecule has 2 aromatic heterocycles. The van der Waals surface area contributed by atoms with Crippen molar-refractivity contribution >= 4 is 32.7 Å². The van der Waals surface area contributed by atoms with Gasteiger partial charge in [0, 0.05) is 24.2 Å². The fourth-order valence-corrected chi connectivity index (χ4v) is 3.36. The molecule has 3 rings (SSSR count). The van der Waals surface area contributed by atoms with E-state index in [1.807, 2.05) is 0 Å². The highest BCUT2D eigenvalue weighted by atomic mass is 32.2. The molecule has 2 heterocycles. The van der Waals surface area contributed by atoms with Crippen molar-refractivity contribution < 1.29 is 23.1 Å². The Morgan fingerprint density at radius 3 is 2.46 bits per heavy atom. The molecule has 0 amide bonds. The highest BCUT2D eigenvalue weighted by Crippen LogP contribution is 2.27. The second-order valence-electron chi connectivity index (χ2n) is 6.05. The highest BCUT2D eigenvalue weighted by Gasteiger charge is 2.16. The summed E-state index contributed by atoms with van der Waals surface area (Å²) >= 11 is 0. The minimum atomic E-state index is -3.60. The average Bonchev–Trinajstić information content (AvgIpc) is 2.65. The van der Waals surface area contributed by atoms with E-state index in [0.717, 1.165) is 5.56 Å². The first-order valence-corrected chi connectivity index (χ1v) is 9.87. The number of sulfonamides is 1. The van der Waals surface area contributed by atoms with Gasteiger partial charge in [-0.05, 0) is 17.2 Å². The van der Waals surface area contributed by atoms with Gasteiger partial charge in [-0.1, -0.05) is 24.3 Å². The van der Waals surface area contributed by atoms with Gasteiger partial charge < -0.3 is 15.2 Å². The fraction of sp³-hybridized carbons (Fsp3) is 0.167. The third-order valence-corrected chi connectivity index (χ3v) is 4.74. The second kappa shape index (κ2) is 7.79. The maximum Gasteiger partial charge on any atom is 0.339 e. The molecule has 0 atom stereocenters. The molecule has 146 valence electrons. The number of methoxy groups -OCH3 is 1. The number of rotatable bonds is 7. The summed E-state index contributed by atoms with van der Waals surface area (Å²) in [5, 5.41) is 18.2. The Balaban J connectivity index is 1.88. The molecule has 3 aromatic rings. The number of carbonyl (C=O) groups is 1. The first-order valence-electron chi connectivity index (χ1n) is 8.16. The summed E-state index contributed by atoms with van der Waals surface area (Å²) in [4.78, 5) is 19.9. The monoisotopic (exact) mass is 402 g/mol. The van der Waals surface area contributed by atoms with Gasteiger partial charge in [-0.2, -0.15) is 4.98 Å². The van der Waals surface area contributed by atoms with Gasteiger partial charge in [-0.15, -0.1) is 0 Å². The number of aromatic carboxylic acids is 1. The Bertz CT molecular complexity index is 1130. The Morgan fingerprint density at radius 2 is 1.86 bits per heavy atom. The van der Waals surface area contributed by atoms with Gasteiger partial charge >= 0.3 is 5.97 Å². The van der Waals surface area contributed by atoms with Crippen molar-refractivity contribution in [2.45, 2.75) is 12.3 Å². The van der Waals surface area contributed by atoms with Crippen LogP contribution in [0.15, 0.2) is 42.6 Å². The maximum absolute atomic E-state index is 11.6. The molecular weight excluding hydrogens is 384 g/mol. The zero-order valence-electron chi connectivity index (χ0n) is 14.9. The standard InChI is InChI=1S/C18H18N4O5S/c1-27-15-7-6-13-16(14(18(23)24)9-21-17(13)22-15)20-8-11-2-4-12(5-3-11)10-28(19,25)26/h2-7,9H,8,10H2,1H3,(H,23,24)(H2,19,25,26)(H,20,21,22). The first-order chi connectivity index (χ1) is 13.3. The minimum absolute atomic E-state index is 0.0188. The Hall–Kier alpha value is -3.24. The summed E-state index contributed by atoms with van der Waals surface area (Å²) in [5.41, 5.74) is 2.17. The molecule has 0 spiro atoms. The van der Waals surface area contributed by atoms with E-state index < -0.39 is 16.0 Å². The number of hydrogen-bond acceptors (Lipinski definition) is 7. The normalized spacial score (nSPS) is 11.4. The third-order valence-electron chi connectivity index (χ3n) is 4.00. The number of nitrogens with one attached hydrogen (secondary N) is 1. The zero-order chi connectivity index (χ0) is 20.3. The van der Waals surface area contributed by atoms with E-state index in [1.165, 1.54) is 13.3 Å². The average molecular weight is 402 g/mol. The molecule has 0 aliphatic rings. The molecule has 0 bridgehead atoms. The lowest BCUT2D eigenvalue weighted by Crippen LogP contribution is -2.14. The third kappa shape index (κ3) is 4.53. The number of anilines is 1. The number of benzene rings is 1. The van der Waals surface area contributed by atoms with Crippen LogP contribution in [0.5, 0.6) is 5.88 Å². The van der Waals surface area contributed by atoms with Crippen molar-refractivity contribution in [2.75, 3.05) is 12.4 Å². The van der Waals surface area contributed by atoms with E-state index in [-0.39, 0.29) is 11.3 Å². The summed E-state index contributed by atoms with van der Waals surface area (Å²) in [5.74, 6) is -0.984. The van der Waals surface area contributed by atoms with Crippen LogP contribution in [0.4, 0.5) is 5.69 Å². The SMILES string of the molecule is COc1ccc2c(NCc3ccc(CS(N)(=O)=O)cc3)c(C(=O)O)cnc2n1. The molecule has 10 heteroatoms. The zero-order valence-corrected chi connectivity index (χ0v) is 15.7. The lowest BCUT2D eigenvalue weighted by molar-refractivity contribution is 0.0697. The van der Waals surface area contributed by atoms with Gasteiger partial charge in [0.15, 0.2) is 5.65 Å². The lowest BCUT2D eigenvalue weighted by atomic mass is 10.1.